The van der Waals surface area contributed by atoms with Crippen molar-refractivity contribution in [1.29, 1.82) is 0 Å². The number of nitrogens with two attached hydrogens (primary N) is 1. The second-order valence-electron chi connectivity index (χ2n) is 6.50. The number of methoxy groups -OCH3 is 1. The second kappa shape index (κ2) is 7.59. The Morgan fingerprint density at radius 3 is 2.29 bits per heavy atom. The van der Waals surface area contributed by atoms with Gasteiger partial charge in [0.2, 0.25) is 5.88 Å². The molecule has 2 N–H and O–H groups in total. The molecule has 1 amide bonds. The van der Waals surface area contributed by atoms with Gasteiger partial charge in [-0.2, -0.15) is 0 Å². The molecule has 0 bridgehead atoms. The Bertz CT molecular complexity index is 950. The van der Waals surface area contributed by atoms with E-state index in [4.69, 9.17) is 10.5 Å². The molecule has 0 radical (unpaired) electrons. The highest BCUT2D eigenvalue weighted by Crippen LogP contribution is 2.32. The number of pyridine rings is 1. The van der Waals surface area contributed by atoms with Gasteiger partial charge in [-0.3, -0.25) is 9.78 Å². The van der Waals surface area contributed by atoms with Crippen LogP contribution in [0.4, 0.5) is 11.5 Å². The zero-order valence-corrected chi connectivity index (χ0v) is 15.7. The molecule has 0 saturated carbocycles. The van der Waals surface area contributed by atoms with E-state index in [0.29, 0.717) is 11.4 Å². The minimum Gasteiger partial charge on any atom is -0.479 e. The fourth-order valence-electron chi connectivity index (χ4n) is 3.51. The van der Waals surface area contributed by atoms with Gasteiger partial charge in [0, 0.05) is 32.4 Å². The van der Waals surface area contributed by atoms with Crippen molar-refractivity contribution in [3.05, 3.63) is 60.4 Å². The maximum atomic E-state index is 12.2. The van der Waals surface area contributed by atoms with Crippen LogP contribution in [0.1, 0.15) is 10.4 Å². The number of piperazine rings is 1. The lowest BCUT2D eigenvalue weighted by molar-refractivity contribution is 0.0998. The van der Waals surface area contributed by atoms with E-state index in [2.05, 4.69) is 25.9 Å². The maximum Gasteiger partial charge on any atom is 0.258 e. The summed E-state index contributed by atoms with van der Waals surface area (Å²) in [4.78, 5) is 20.8. The molecule has 2 aromatic heterocycles. The van der Waals surface area contributed by atoms with E-state index in [9.17, 15) is 4.79 Å². The van der Waals surface area contributed by atoms with Crippen LogP contribution in [0.3, 0.4) is 0 Å². The number of benzene rings is 1. The van der Waals surface area contributed by atoms with Crippen LogP contribution in [0, 0.1) is 0 Å². The lowest BCUT2D eigenvalue weighted by Crippen LogP contribution is -2.47. The van der Waals surface area contributed by atoms with Gasteiger partial charge < -0.3 is 20.3 Å². The van der Waals surface area contributed by atoms with E-state index in [1.807, 2.05) is 42.6 Å². The molecule has 0 aliphatic carbocycles. The number of nitrogens with zero attached hydrogens (tertiary/aromatic N) is 5. The predicted molar refractivity (Wildman–Crippen MR) is 107 cm³/mol. The van der Waals surface area contributed by atoms with Crippen LogP contribution in [-0.2, 0) is 0 Å². The Balaban J connectivity index is 1.69. The highest BCUT2D eigenvalue weighted by atomic mass is 16.5. The van der Waals surface area contributed by atoms with Crippen molar-refractivity contribution in [3.63, 3.8) is 0 Å². The largest absolute Gasteiger partial charge is 0.479 e. The van der Waals surface area contributed by atoms with Gasteiger partial charge in [-0.05, 0) is 24.3 Å². The fraction of sp³-hybridized carbons (Fsp3) is 0.250. The minimum atomic E-state index is -0.552. The third-order valence-corrected chi connectivity index (χ3v) is 4.86. The molecule has 28 heavy (non-hydrogen) atoms. The molecule has 1 aromatic carbocycles. The van der Waals surface area contributed by atoms with Gasteiger partial charge in [0.15, 0.2) is 0 Å². The molecule has 4 rings (SSSR count). The Kier molecular flexibility index (Phi) is 4.84. The van der Waals surface area contributed by atoms with E-state index in [1.54, 1.807) is 10.9 Å². The number of carbonyl (C=O) groups is 1. The Morgan fingerprint density at radius 2 is 1.68 bits per heavy atom. The summed E-state index contributed by atoms with van der Waals surface area (Å²) in [5, 5.41) is 4.50. The Labute approximate surface area is 163 Å². The Hall–Kier alpha value is -3.55. The summed E-state index contributed by atoms with van der Waals surface area (Å²) >= 11 is 0. The molecule has 1 aliphatic rings. The molecule has 3 aromatic rings. The number of carbonyl (C=O) groups excluding carboxylic acids is 1. The summed E-state index contributed by atoms with van der Waals surface area (Å²) in [5.74, 6) is 0.353. The molecule has 8 nitrogen and oxygen atoms in total. The van der Waals surface area contributed by atoms with E-state index in [1.165, 1.54) is 7.11 Å². The van der Waals surface area contributed by atoms with Crippen molar-refractivity contribution in [2.45, 2.75) is 0 Å². The first-order chi connectivity index (χ1) is 13.7. The number of para-hydroxylation sites is 1. The average Bonchev–Trinajstić information content (AvgIpc) is 3.15. The molecule has 0 unspecified atom stereocenters. The van der Waals surface area contributed by atoms with Crippen LogP contribution in [0.5, 0.6) is 5.88 Å². The summed E-state index contributed by atoms with van der Waals surface area (Å²) in [6.07, 6.45) is 3.63. The van der Waals surface area contributed by atoms with Crippen molar-refractivity contribution in [1.82, 2.24) is 14.8 Å². The summed E-state index contributed by atoms with van der Waals surface area (Å²) in [5.41, 5.74) is 7.93. The van der Waals surface area contributed by atoms with Crippen molar-refractivity contribution in [2.75, 3.05) is 43.1 Å². The van der Waals surface area contributed by atoms with Crippen LogP contribution in [0.25, 0.3) is 5.69 Å². The maximum absolute atomic E-state index is 12.2. The Morgan fingerprint density at radius 1 is 1.00 bits per heavy atom. The van der Waals surface area contributed by atoms with Crippen LogP contribution in [0.2, 0.25) is 0 Å². The lowest BCUT2D eigenvalue weighted by atomic mass is 10.2. The highest BCUT2D eigenvalue weighted by molar-refractivity contribution is 6.00. The fourth-order valence-corrected chi connectivity index (χ4v) is 3.51. The van der Waals surface area contributed by atoms with Gasteiger partial charge in [-0.1, -0.05) is 18.2 Å². The van der Waals surface area contributed by atoms with E-state index >= 15 is 0 Å². The van der Waals surface area contributed by atoms with Gasteiger partial charge in [0.05, 0.1) is 24.7 Å². The number of primary amides is 1. The minimum absolute atomic E-state index is 0.237. The zero-order valence-electron chi connectivity index (χ0n) is 15.7. The summed E-state index contributed by atoms with van der Waals surface area (Å²) in [6, 6.07) is 13.6. The van der Waals surface area contributed by atoms with Crippen LogP contribution < -0.4 is 20.3 Å². The van der Waals surface area contributed by atoms with Crippen molar-refractivity contribution in [2.24, 2.45) is 5.73 Å². The number of ether oxygens (including phenoxy) is 1. The number of rotatable bonds is 5. The zero-order chi connectivity index (χ0) is 19.5. The summed E-state index contributed by atoms with van der Waals surface area (Å²) in [7, 11) is 1.49. The topological polar surface area (TPSA) is 89.5 Å². The van der Waals surface area contributed by atoms with Gasteiger partial charge in [0.1, 0.15) is 11.4 Å². The first-order valence-electron chi connectivity index (χ1n) is 9.11. The van der Waals surface area contributed by atoms with Crippen LogP contribution in [-0.4, -0.2) is 54.0 Å². The molecule has 1 fully saturated rings. The highest BCUT2D eigenvalue weighted by Gasteiger charge is 2.30. The summed E-state index contributed by atoms with van der Waals surface area (Å²) in [6.45, 7) is 3.03. The van der Waals surface area contributed by atoms with Crippen LogP contribution >= 0.6 is 0 Å². The van der Waals surface area contributed by atoms with Crippen molar-refractivity contribution >= 4 is 17.4 Å². The van der Waals surface area contributed by atoms with Crippen LogP contribution in [0.15, 0.2) is 54.9 Å². The number of hydrogen-bond acceptors (Lipinski definition) is 6. The monoisotopic (exact) mass is 378 g/mol. The van der Waals surface area contributed by atoms with Gasteiger partial charge in [0.25, 0.3) is 5.91 Å². The molecular formula is C20H22N6O2. The molecule has 1 saturated heterocycles. The molecule has 1 aliphatic heterocycles. The normalized spacial score (nSPS) is 14.2. The number of amides is 1. The van der Waals surface area contributed by atoms with Gasteiger partial charge in [-0.25, -0.2) is 4.68 Å². The molecule has 8 heteroatoms. The third-order valence-electron chi connectivity index (χ3n) is 4.86. The number of hydrogen-bond donors (Lipinski definition) is 1. The molecule has 3 heterocycles. The number of aromatic nitrogens is 3. The summed E-state index contributed by atoms with van der Waals surface area (Å²) < 4.78 is 7.09. The standard InChI is InChI=1S/C20H22N6O2/c1-28-19-17(18(21)27)20(26(23-19)15-6-3-2-4-7-15)25-12-10-24(11-13-25)16-8-5-9-22-14-16/h2-9,14H,10-13H2,1H3,(H2,21,27). The predicted octanol–water partition coefficient (Wildman–Crippen LogP) is 1.70. The van der Waals surface area contributed by atoms with Crippen molar-refractivity contribution < 1.29 is 9.53 Å². The van der Waals surface area contributed by atoms with E-state index in [0.717, 1.165) is 37.6 Å². The second-order valence-corrected chi connectivity index (χ2v) is 6.50. The average molecular weight is 378 g/mol. The van der Waals surface area contributed by atoms with E-state index in [-0.39, 0.29) is 5.88 Å². The van der Waals surface area contributed by atoms with Gasteiger partial charge in [-0.15, -0.1) is 5.10 Å². The number of anilines is 2. The SMILES string of the molecule is COc1nn(-c2ccccc2)c(N2CCN(c3cccnc3)CC2)c1C(N)=O. The first kappa shape index (κ1) is 17.8. The smallest absolute Gasteiger partial charge is 0.258 e. The van der Waals surface area contributed by atoms with Crippen molar-refractivity contribution in [3.8, 4) is 11.6 Å². The van der Waals surface area contributed by atoms with Gasteiger partial charge >= 0.3 is 0 Å². The van der Waals surface area contributed by atoms with E-state index < -0.39 is 5.91 Å². The molecule has 144 valence electrons. The lowest BCUT2D eigenvalue weighted by Gasteiger charge is -2.37. The third kappa shape index (κ3) is 3.24. The quantitative estimate of drug-likeness (QED) is 0.727. The molecule has 0 spiro atoms. The molecular weight excluding hydrogens is 356 g/mol. The first-order valence-corrected chi connectivity index (χ1v) is 9.11. The molecule has 0 atom stereocenters.